The molecular weight excluding hydrogens is 242 g/mol. The van der Waals surface area contributed by atoms with E-state index in [1.54, 1.807) is 6.20 Å². The predicted molar refractivity (Wildman–Crippen MR) is 71.1 cm³/mol. The maximum Gasteiger partial charge on any atom is 0.258 e. The number of rotatable bonds is 2. The van der Waals surface area contributed by atoms with E-state index in [4.69, 9.17) is 10.3 Å². The SMILES string of the molecule is Cc1cc(-c2nc(-c3nccn3C)no2)ccc1N. The van der Waals surface area contributed by atoms with Crippen molar-refractivity contribution in [1.29, 1.82) is 0 Å². The second kappa shape index (κ2) is 4.24. The first-order valence-electron chi connectivity index (χ1n) is 5.83. The van der Waals surface area contributed by atoms with E-state index in [1.165, 1.54) is 0 Å². The molecule has 1 aromatic carbocycles. The number of nitrogens with two attached hydrogens (primary N) is 1. The molecule has 96 valence electrons. The number of hydrogen-bond acceptors (Lipinski definition) is 5. The number of hydrogen-bond donors (Lipinski definition) is 1. The molecule has 0 atom stereocenters. The van der Waals surface area contributed by atoms with Gasteiger partial charge in [0.1, 0.15) is 0 Å². The summed E-state index contributed by atoms with van der Waals surface area (Å²) in [4.78, 5) is 8.54. The smallest absolute Gasteiger partial charge is 0.258 e. The standard InChI is InChI=1S/C13H13N5O/c1-8-7-9(3-4-10(8)14)13-16-11(17-19-13)12-15-5-6-18(12)2/h3-7H,14H2,1-2H3. The van der Waals surface area contributed by atoms with Crippen molar-refractivity contribution in [2.45, 2.75) is 6.92 Å². The first-order valence-corrected chi connectivity index (χ1v) is 5.83. The Bertz CT molecular complexity index is 728. The normalized spacial score (nSPS) is 10.8. The molecule has 0 saturated heterocycles. The van der Waals surface area contributed by atoms with Gasteiger partial charge in [0.25, 0.3) is 5.89 Å². The average Bonchev–Trinajstić information content (AvgIpc) is 3.01. The average molecular weight is 255 g/mol. The molecule has 3 aromatic rings. The second-order valence-electron chi connectivity index (χ2n) is 4.36. The van der Waals surface area contributed by atoms with Gasteiger partial charge in [0, 0.05) is 30.7 Å². The monoisotopic (exact) mass is 255 g/mol. The maximum atomic E-state index is 5.79. The summed E-state index contributed by atoms with van der Waals surface area (Å²) in [6, 6.07) is 5.61. The van der Waals surface area contributed by atoms with Gasteiger partial charge in [-0.15, -0.1) is 0 Å². The Hall–Kier alpha value is -2.63. The topological polar surface area (TPSA) is 82.8 Å². The first kappa shape index (κ1) is 11.5. The fourth-order valence-electron chi connectivity index (χ4n) is 1.82. The zero-order valence-electron chi connectivity index (χ0n) is 10.7. The lowest BCUT2D eigenvalue weighted by atomic mass is 10.1. The fourth-order valence-corrected chi connectivity index (χ4v) is 1.82. The van der Waals surface area contributed by atoms with E-state index in [2.05, 4.69) is 15.1 Å². The quantitative estimate of drug-likeness (QED) is 0.708. The molecule has 0 aliphatic rings. The van der Waals surface area contributed by atoms with Crippen molar-refractivity contribution in [3.05, 3.63) is 36.2 Å². The molecule has 0 saturated carbocycles. The van der Waals surface area contributed by atoms with E-state index in [9.17, 15) is 0 Å². The van der Waals surface area contributed by atoms with Crippen LogP contribution in [-0.2, 0) is 7.05 Å². The molecule has 0 unspecified atom stereocenters. The Morgan fingerprint density at radius 1 is 1.32 bits per heavy atom. The molecule has 0 fully saturated rings. The third-order valence-corrected chi connectivity index (χ3v) is 2.96. The molecule has 19 heavy (non-hydrogen) atoms. The zero-order valence-corrected chi connectivity index (χ0v) is 10.7. The summed E-state index contributed by atoms with van der Waals surface area (Å²) >= 11 is 0. The molecule has 2 N–H and O–H groups in total. The lowest BCUT2D eigenvalue weighted by Crippen LogP contribution is -1.93. The van der Waals surface area contributed by atoms with E-state index in [-0.39, 0.29) is 0 Å². The summed E-state index contributed by atoms with van der Waals surface area (Å²) in [6.45, 7) is 1.94. The Morgan fingerprint density at radius 3 is 2.84 bits per heavy atom. The van der Waals surface area contributed by atoms with Gasteiger partial charge in [-0.25, -0.2) is 4.98 Å². The fraction of sp³-hybridized carbons (Fsp3) is 0.154. The molecule has 0 radical (unpaired) electrons. The molecule has 6 nitrogen and oxygen atoms in total. The first-order chi connectivity index (χ1) is 9.15. The van der Waals surface area contributed by atoms with Crippen LogP contribution in [0.4, 0.5) is 5.69 Å². The van der Waals surface area contributed by atoms with Crippen LogP contribution in [0.15, 0.2) is 35.1 Å². The van der Waals surface area contributed by atoms with Crippen molar-refractivity contribution >= 4 is 5.69 Å². The highest BCUT2D eigenvalue weighted by atomic mass is 16.5. The summed E-state index contributed by atoms with van der Waals surface area (Å²) < 4.78 is 7.11. The Kier molecular flexibility index (Phi) is 2.56. The van der Waals surface area contributed by atoms with Crippen LogP contribution in [0, 0.1) is 6.92 Å². The van der Waals surface area contributed by atoms with Gasteiger partial charge in [-0.05, 0) is 30.7 Å². The van der Waals surface area contributed by atoms with Crippen molar-refractivity contribution in [2.75, 3.05) is 5.73 Å². The minimum absolute atomic E-state index is 0.459. The van der Waals surface area contributed by atoms with Crippen LogP contribution in [0.5, 0.6) is 0 Å². The maximum absolute atomic E-state index is 5.79. The van der Waals surface area contributed by atoms with Crippen molar-refractivity contribution in [1.82, 2.24) is 19.7 Å². The molecule has 0 amide bonds. The van der Waals surface area contributed by atoms with E-state index < -0.39 is 0 Å². The Morgan fingerprint density at radius 2 is 2.16 bits per heavy atom. The van der Waals surface area contributed by atoms with E-state index in [0.29, 0.717) is 17.5 Å². The van der Waals surface area contributed by atoms with E-state index in [1.807, 2.05) is 42.9 Å². The summed E-state index contributed by atoms with van der Waals surface area (Å²) in [7, 11) is 1.88. The molecule has 0 spiro atoms. The molecule has 6 heteroatoms. The number of nitrogen functional groups attached to an aromatic ring is 1. The summed E-state index contributed by atoms with van der Waals surface area (Å²) in [5, 5.41) is 3.95. The van der Waals surface area contributed by atoms with Gasteiger partial charge in [-0.2, -0.15) is 4.98 Å². The highest BCUT2D eigenvalue weighted by Gasteiger charge is 2.14. The number of anilines is 1. The van der Waals surface area contributed by atoms with Crippen LogP contribution >= 0.6 is 0 Å². The van der Waals surface area contributed by atoms with Gasteiger partial charge in [-0.1, -0.05) is 5.16 Å². The molecular formula is C13H13N5O. The van der Waals surface area contributed by atoms with Crippen LogP contribution in [0.1, 0.15) is 5.56 Å². The highest BCUT2D eigenvalue weighted by molar-refractivity contribution is 5.62. The number of benzene rings is 1. The van der Waals surface area contributed by atoms with Crippen molar-refractivity contribution < 1.29 is 4.52 Å². The second-order valence-corrected chi connectivity index (χ2v) is 4.36. The van der Waals surface area contributed by atoms with Gasteiger partial charge in [0.2, 0.25) is 5.82 Å². The van der Waals surface area contributed by atoms with Gasteiger partial charge >= 0.3 is 0 Å². The molecule has 0 aliphatic carbocycles. The van der Waals surface area contributed by atoms with Crippen molar-refractivity contribution in [3.8, 4) is 23.1 Å². The lowest BCUT2D eigenvalue weighted by Gasteiger charge is -2.00. The third kappa shape index (κ3) is 1.97. The Labute approximate surface area is 109 Å². The van der Waals surface area contributed by atoms with Gasteiger partial charge in [0.05, 0.1) is 0 Å². The van der Waals surface area contributed by atoms with Crippen LogP contribution in [0.25, 0.3) is 23.1 Å². The van der Waals surface area contributed by atoms with Gasteiger partial charge in [-0.3, -0.25) is 0 Å². The highest BCUT2D eigenvalue weighted by Crippen LogP contribution is 2.23. The van der Waals surface area contributed by atoms with Crippen LogP contribution in [0.2, 0.25) is 0 Å². The molecule has 2 aromatic heterocycles. The zero-order chi connectivity index (χ0) is 13.4. The number of imidazole rings is 1. The summed E-state index contributed by atoms with van der Waals surface area (Å²) in [5.41, 5.74) is 8.36. The minimum atomic E-state index is 0.459. The van der Waals surface area contributed by atoms with Crippen LogP contribution in [-0.4, -0.2) is 19.7 Å². The van der Waals surface area contributed by atoms with Crippen LogP contribution in [0.3, 0.4) is 0 Å². The van der Waals surface area contributed by atoms with Crippen molar-refractivity contribution in [2.24, 2.45) is 7.05 Å². The number of aromatic nitrogens is 4. The summed E-state index contributed by atoms with van der Waals surface area (Å²) in [6.07, 6.45) is 3.53. The predicted octanol–water partition coefficient (Wildman–Crippen LogP) is 2.03. The van der Waals surface area contributed by atoms with Gasteiger partial charge < -0.3 is 14.8 Å². The number of aryl methyl sites for hydroxylation is 2. The van der Waals surface area contributed by atoms with Crippen molar-refractivity contribution in [3.63, 3.8) is 0 Å². The number of nitrogens with zero attached hydrogens (tertiary/aromatic N) is 4. The molecule has 2 heterocycles. The summed E-state index contributed by atoms with van der Waals surface area (Å²) in [5.74, 6) is 1.60. The Balaban J connectivity index is 2.01. The van der Waals surface area contributed by atoms with Gasteiger partial charge in [0.15, 0.2) is 5.82 Å². The van der Waals surface area contributed by atoms with E-state index in [0.717, 1.165) is 16.8 Å². The molecule has 0 aliphatic heterocycles. The molecule has 3 rings (SSSR count). The lowest BCUT2D eigenvalue weighted by molar-refractivity contribution is 0.431. The van der Waals surface area contributed by atoms with Crippen LogP contribution < -0.4 is 5.73 Å². The van der Waals surface area contributed by atoms with E-state index >= 15 is 0 Å². The largest absolute Gasteiger partial charge is 0.399 e. The molecule has 0 bridgehead atoms. The minimum Gasteiger partial charge on any atom is -0.399 e. The third-order valence-electron chi connectivity index (χ3n) is 2.96.